The monoisotopic (exact) mass is 279 g/mol. The third kappa shape index (κ3) is 1.97. The van der Waals surface area contributed by atoms with Crippen molar-refractivity contribution in [1.82, 2.24) is 4.90 Å². The van der Waals surface area contributed by atoms with Crippen molar-refractivity contribution in [2.75, 3.05) is 20.8 Å². The van der Waals surface area contributed by atoms with Crippen molar-refractivity contribution in [2.45, 2.75) is 6.92 Å². The zero-order valence-corrected chi connectivity index (χ0v) is 11.3. The Morgan fingerprint density at radius 2 is 1.50 bits per heavy atom. The first kappa shape index (κ1) is 13.9. The van der Waals surface area contributed by atoms with E-state index in [0.717, 1.165) is 0 Å². The Bertz CT molecular complexity index is 552. The van der Waals surface area contributed by atoms with E-state index in [4.69, 9.17) is 14.2 Å². The van der Waals surface area contributed by atoms with E-state index in [2.05, 4.69) is 0 Å². The molecule has 0 spiro atoms. The molecule has 0 N–H and O–H groups in total. The standard InChI is InChI=1S/C13H13NO6/c1-4-20-13(17)14-11(15)7-5-9(18-2)10(19-3)6-8(7)12(14)16/h5-6H,4H2,1-3H3. The second-order valence-corrected chi connectivity index (χ2v) is 3.90. The first-order chi connectivity index (χ1) is 9.54. The molecule has 2 rings (SSSR count). The molecular weight excluding hydrogens is 266 g/mol. The van der Waals surface area contributed by atoms with Gasteiger partial charge in [-0.15, -0.1) is 0 Å². The van der Waals surface area contributed by atoms with Gasteiger partial charge in [0, 0.05) is 0 Å². The molecule has 0 atom stereocenters. The number of fused-ring (bicyclic) bond motifs is 1. The lowest BCUT2D eigenvalue weighted by atomic mass is 10.1. The molecule has 0 saturated heterocycles. The summed E-state index contributed by atoms with van der Waals surface area (Å²) >= 11 is 0. The average Bonchev–Trinajstić information content (AvgIpc) is 2.69. The van der Waals surface area contributed by atoms with Crippen LogP contribution in [0.15, 0.2) is 12.1 Å². The van der Waals surface area contributed by atoms with E-state index in [-0.39, 0.29) is 17.7 Å². The molecule has 1 aliphatic heterocycles. The molecule has 0 saturated carbocycles. The Labute approximate surface area is 115 Å². The highest BCUT2D eigenvalue weighted by atomic mass is 16.6. The van der Waals surface area contributed by atoms with Crippen LogP contribution in [0.25, 0.3) is 0 Å². The van der Waals surface area contributed by atoms with Gasteiger partial charge in [-0.2, -0.15) is 4.90 Å². The van der Waals surface area contributed by atoms with Gasteiger partial charge in [-0.05, 0) is 19.1 Å². The molecule has 0 aliphatic carbocycles. The summed E-state index contributed by atoms with van der Waals surface area (Å²) in [6, 6.07) is 2.74. The molecule has 1 heterocycles. The van der Waals surface area contributed by atoms with Gasteiger partial charge in [0.25, 0.3) is 11.8 Å². The van der Waals surface area contributed by atoms with Crippen LogP contribution in [0.1, 0.15) is 27.6 Å². The minimum absolute atomic E-state index is 0.0683. The molecule has 0 aromatic heterocycles. The lowest BCUT2D eigenvalue weighted by Crippen LogP contribution is -2.36. The van der Waals surface area contributed by atoms with Gasteiger partial charge < -0.3 is 14.2 Å². The lowest BCUT2D eigenvalue weighted by Gasteiger charge is -2.10. The van der Waals surface area contributed by atoms with Crippen molar-refractivity contribution >= 4 is 17.9 Å². The quantitative estimate of drug-likeness (QED) is 0.779. The van der Waals surface area contributed by atoms with Gasteiger partial charge in [-0.1, -0.05) is 0 Å². The van der Waals surface area contributed by atoms with E-state index < -0.39 is 17.9 Å². The Morgan fingerprint density at radius 1 is 1.05 bits per heavy atom. The summed E-state index contributed by atoms with van der Waals surface area (Å²) in [6.45, 7) is 1.65. The molecular formula is C13H13NO6. The molecule has 3 amide bonds. The molecule has 0 radical (unpaired) electrons. The number of nitrogens with zero attached hydrogens (tertiary/aromatic N) is 1. The fourth-order valence-corrected chi connectivity index (χ4v) is 1.92. The summed E-state index contributed by atoms with van der Waals surface area (Å²) in [5.74, 6) is -0.856. The number of benzene rings is 1. The maximum absolute atomic E-state index is 12.1. The van der Waals surface area contributed by atoms with Gasteiger partial charge in [0.15, 0.2) is 11.5 Å². The predicted molar refractivity (Wildman–Crippen MR) is 67.1 cm³/mol. The molecule has 106 valence electrons. The predicted octanol–water partition coefficient (Wildman–Crippen LogP) is 1.46. The van der Waals surface area contributed by atoms with Crippen LogP contribution in [-0.2, 0) is 4.74 Å². The zero-order valence-electron chi connectivity index (χ0n) is 11.3. The minimum atomic E-state index is -0.989. The van der Waals surface area contributed by atoms with Crippen molar-refractivity contribution in [3.8, 4) is 11.5 Å². The highest BCUT2D eigenvalue weighted by molar-refractivity contribution is 6.28. The van der Waals surface area contributed by atoms with E-state index in [1.54, 1.807) is 6.92 Å². The first-order valence-electron chi connectivity index (χ1n) is 5.86. The van der Waals surface area contributed by atoms with Crippen LogP contribution in [-0.4, -0.2) is 43.6 Å². The van der Waals surface area contributed by atoms with Crippen LogP contribution in [0.3, 0.4) is 0 Å². The van der Waals surface area contributed by atoms with E-state index in [1.165, 1.54) is 26.4 Å². The van der Waals surface area contributed by atoms with Gasteiger partial charge in [0.1, 0.15) is 0 Å². The number of imide groups is 3. The highest BCUT2D eigenvalue weighted by Crippen LogP contribution is 2.35. The summed E-state index contributed by atoms with van der Waals surface area (Å²) < 4.78 is 14.8. The van der Waals surface area contributed by atoms with Crippen molar-refractivity contribution in [3.05, 3.63) is 23.3 Å². The van der Waals surface area contributed by atoms with Crippen LogP contribution in [0.4, 0.5) is 4.79 Å². The fourth-order valence-electron chi connectivity index (χ4n) is 1.92. The smallest absolute Gasteiger partial charge is 0.424 e. The minimum Gasteiger partial charge on any atom is -0.493 e. The summed E-state index contributed by atoms with van der Waals surface area (Å²) in [6.07, 6.45) is -0.989. The number of rotatable bonds is 3. The second-order valence-electron chi connectivity index (χ2n) is 3.90. The molecule has 20 heavy (non-hydrogen) atoms. The third-order valence-electron chi connectivity index (χ3n) is 2.84. The highest BCUT2D eigenvalue weighted by Gasteiger charge is 2.42. The maximum atomic E-state index is 12.1. The van der Waals surface area contributed by atoms with Gasteiger partial charge in [0.2, 0.25) is 0 Å². The summed E-state index contributed by atoms with van der Waals surface area (Å²) in [7, 11) is 2.82. The number of carbonyl (C=O) groups excluding carboxylic acids is 3. The van der Waals surface area contributed by atoms with E-state index in [0.29, 0.717) is 16.4 Å². The Morgan fingerprint density at radius 3 is 1.85 bits per heavy atom. The van der Waals surface area contributed by atoms with Gasteiger partial charge in [0.05, 0.1) is 32.0 Å². The Kier molecular flexibility index (Phi) is 3.60. The first-order valence-corrected chi connectivity index (χ1v) is 5.86. The molecule has 7 heteroatoms. The normalized spacial score (nSPS) is 13.2. The summed E-state index contributed by atoms with van der Waals surface area (Å²) in [5.41, 5.74) is 0.168. The van der Waals surface area contributed by atoms with E-state index in [9.17, 15) is 14.4 Å². The van der Waals surface area contributed by atoms with Crippen LogP contribution in [0.5, 0.6) is 11.5 Å². The van der Waals surface area contributed by atoms with E-state index in [1.807, 2.05) is 0 Å². The second kappa shape index (κ2) is 5.20. The zero-order chi connectivity index (χ0) is 14.9. The van der Waals surface area contributed by atoms with Crippen LogP contribution in [0.2, 0.25) is 0 Å². The van der Waals surface area contributed by atoms with Crippen molar-refractivity contribution in [2.24, 2.45) is 0 Å². The molecule has 0 bridgehead atoms. The number of amides is 3. The molecule has 0 fully saturated rings. The maximum Gasteiger partial charge on any atom is 0.424 e. The molecule has 1 aromatic rings. The van der Waals surface area contributed by atoms with Crippen molar-refractivity contribution < 1.29 is 28.6 Å². The largest absolute Gasteiger partial charge is 0.493 e. The van der Waals surface area contributed by atoms with Gasteiger partial charge in [-0.25, -0.2) is 4.79 Å². The number of hydrogen-bond acceptors (Lipinski definition) is 6. The SMILES string of the molecule is CCOC(=O)N1C(=O)c2cc(OC)c(OC)cc2C1=O. The van der Waals surface area contributed by atoms with Crippen LogP contribution >= 0.6 is 0 Å². The summed E-state index contributed by atoms with van der Waals surface area (Å²) in [5, 5.41) is 0. The Balaban J connectivity index is 2.48. The number of hydrogen-bond donors (Lipinski definition) is 0. The van der Waals surface area contributed by atoms with Gasteiger partial charge >= 0.3 is 6.09 Å². The topological polar surface area (TPSA) is 82.1 Å². The molecule has 1 aliphatic rings. The van der Waals surface area contributed by atoms with Crippen molar-refractivity contribution in [1.29, 1.82) is 0 Å². The lowest BCUT2D eigenvalue weighted by molar-refractivity contribution is 0.0596. The number of ether oxygens (including phenoxy) is 3. The Hall–Kier alpha value is -2.57. The van der Waals surface area contributed by atoms with Crippen LogP contribution in [0, 0.1) is 0 Å². The van der Waals surface area contributed by atoms with Crippen LogP contribution < -0.4 is 9.47 Å². The van der Waals surface area contributed by atoms with Crippen molar-refractivity contribution in [3.63, 3.8) is 0 Å². The van der Waals surface area contributed by atoms with E-state index >= 15 is 0 Å². The molecule has 1 aromatic carbocycles. The number of methoxy groups -OCH3 is 2. The third-order valence-corrected chi connectivity index (χ3v) is 2.84. The summed E-state index contributed by atoms with van der Waals surface area (Å²) in [4.78, 5) is 36.3. The molecule has 0 unspecified atom stereocenters. The number of carbonyl (C=O) groups is 3. The van der Waals surface area contributed by atoms with Gasteiger partial charge in [-0.3, -0.25) is 9.59 Å². The molecule has 7 nitrogen and oxygen atoms in total. The average molecular weight is 279 g/mol. The fraction of sp³-hybridized carbons (Fsp3) is 0.308.